The number of nitrogen functional groups attached to an aromatic ring is 1. The first-order chi connectivity index (χ1) is 18.7. The lowest BCUT2D eigenvalue weighted by molar-refractivity contribution is -0.148. The molecular formula is C29H32N4O7. The van der Waals surface area contributed by atoms with Gasteiger partial charge in [-0.1, -0.05) is 12.1 Å². The number of phenolic OH excluding ortho intramolecular Hbond substituents is 1. The van der Waals surface area contributed by atoms with Crippen LogP contribution in [0.25, 0.3) is 11.1 Å². The van der Waals surface area contributed by atoms with Crippen molar-refractivity contribution >= 4 is 28.8 Å². The van der Waals surface area contributed by atoms with Gasteiger partial charge in [0, 0.05) is 42.5 Å². The van der Waals surface area contributed by atoms with E-state index in [0.717, 1.165) is 0 Å². The standard InChI is InChI=1S/C29H32N4O7/c1-32(2)18-11-15(12-6-5-7-14(30)8-12)23(34)20-16(18)9-13-10-17-22(33(3)4)25(36)21(28(31)39)27(38)29(17,40)26(37)19(13)24(20)35/h5-8,11,13,17,22,34,36-37,40H,9-10,30H2,1-4H3,(H2,31,39)/t13?,17?,22-,29-/m0/s1. The molecule has 210 valence electrons. The number of hydrogen-bond acceptors (Lipinski definition) is 10. The number of amides is 1. The van der Waals surface area contributed by atoms with E-state index in [2.05, 4.69) is 0 Å². The van der Waals surface area contributed by atoms with Crippen molar-refractivity contribution in [2.24, 2.45) is 17.6 Å². The van der Waals surface area contributed by atoms with Crippen LogP contribution in [0.5, 0.6) is 5.75 Å². The van der Waals surface area contributed by atoms with E-state index >= 15 is 0 Å². The molecule has 2 aromatic rings. The van der Waals surface area contributed by atoms with Crippen molar-refractivity contribution in [3.05, 3.63) is 64.1 Å². The molecule has 1 amide bonds. The third-order valence-electron chi connectivity index (χ3n) is 8.38. The number of hydrogen-bond donors (Lipinski definition) is 6. The summed E-state index contributed by atoms with van der Waals surface area (Å²) in [6, 6.07) is 7.54. The van der Waals surface area contributed by atoms with Gasteiger partial charge in [-0.15, -0.1) is 0 Å². The number of likely N-dealkylation sites (N-methyl/N-ethyl adjacent to an activating group) is 1. The highest BCUT2D eigenvalue weighted by Crippen LogP contribution is 2.54. The van der Waals surface area contributed by atoms with Crippen LogP contribution in [0.3, 0.4) is 0 Å². The Kier molecular flexibility index (Phi) is 6.20. The van der Waals surface area contributed by atoms with Crippen molar-refractivity contribution in [3.63, 3.8) is 0 Å². The lowest BCUT2D eigenvalue weighted by atomic mass is 9.58. The van der Waals surface area contributed by atoms with Crippen LogP contribution in [-0.2, 0) is 16.0 Å². The molecule has 5 rings (SSSR count). The molecule has 0 heterocycles. The third-order valence-corrected chi connectivity index (χ3v) is 8.38. The second kappa shape index (κ2) is 9.10. The molecule has 0 fully saturated rings. The molecule has 2 unspecified atom stereocenters. The number of aliphatic hydroxyl groups is 3. The van der Waals surface area contributed by atoms with Crippen molar-refractivity contribution in [2.45, 2.75) is 24.5 Å². The third kappa shape index (κ3) is 3.61. The second-order valence-corrected chi connectivity index (χ2v) is 11.1. The summed E-state index contributed by atoms with van der Waals surface area (Å²) in [6.45, 7) is 0. The molecule has 0 spiro atoms. The van der Waals surface area contributed by atoms with Gasteiger partial charge in [0.15, 0.2) is 11.4 Å². The Labute approximate surface area is 230 Å². The minimum absolute atomic E-state index is 0.0242. The molecular weight excluding hydrogens is 516 g/mol. The first kappa shape index (κ1) is 27.2. The minimum atomic E-state index is -2.68. The highest BCUT2D eigenvalue weighted by molar-refractivity contribution is 6.25. The van der Waals surface area contributed by atoms with Gasteiger partial charge < -0.3 is 36.8 Å². The molecule has 40 heavy (non-hydrogen) atoms. The van der Waals surface area contributed by atoms with Gasteiger partial charge in [-0.2, -0.15) is 0 Å². The smallest absolute Gasteiger partial charge is 0.255 e. The largest absolute Gasteiger partial charge is 0.510 e. The summed E-state index contributed by atoms with van der Waals surface area (Å²) >= 11 is 0. The molecule has 11 heteroatoms. The van der Waals surface area contributed by atoms with Crippen molar-refractivity contribution in [2.75, 3.05) is 38.8 Å². The Balaban J connectivity index is 1.76. The first-order valence-corrected chi connectivity index (χ1v) is 12.8. The number of anilines is 2. The predicted molar refractivity (Wildman–Crippen MR) is 148 cm³/mol. The van der Waals surface area contributed by atoms with E-state index in [-0.39, 0.29) is 29.7 Å². The van der Waals surface area contributed by atoms with Crippen molar-refractivity contribution in [1.82, 2.24) is 4.90 Å². The quantitative estimate of drug-likeness (QED) is 0.241. The van der Waals surface area contributed by atoms with Crippen LogP contribution in [0, 0.1) is 11.8 Å². The maximum atomic E-state index is 14.1. The lowest BCUT2D eigenvalue weighted by Crippen LogP contribution is -2.63. The molecule has 2 aromatic carbocycles. The van der Waals surface area contributed by atoms with Gasteiger partial charge in [-0.3, -0.25) is 19.3 Å². The molecule has 4 atom stereocenters. The van der Waals surface area contributed by atoms with Crippen LogP contribution in [0.1, 0.15) is 22.3 Å². The van der Waals surface area contributed by atoms with Gasteiger partial charge in [0.1, 0.15) is 22.8 Å². The molecule has 3 aliphatic rings. The summed E-state index contributed by atoms with van der Waals surface area (Å²) in [5, 5.41) is 45.6. The monoisotopic (exact) mass is 548 g/mol. The number of nitrogens with zero attached hydrogens (tertiary/aromatic N) is 2. The molecule has 11 nitrogen and oxygen atoms in total. The fraction of sp³-hybridized carbons (Fsp3) is 0.345. The highest BCUT2D eigenvalue weighted by atomic mass is 16.3. The van der Waals surface area contributed by atoms with Gasteiger partial charge in [-0.25, -0.2) is 0 Å². The molecule has 0 saturated carbocycles. The number of fused-ring (bicyclic) bond motifs is 3. The summed E-state index contributed by atoms with van der Waals surface area (Å²) in [7, 11) is 6.79. The summed E-state index contributed by atoms with van der Waals surface area (Å²) in [6.07, 6.45) is 0.225. The highest BCUT2D eigenvalue weighted by Gasteiger charge is 2.63. The van der Waals surface area contributed by atoms with E-state index in [9.17, 15) is 34.8 Å². The topological polar surface area (TPSA) is 191 Å². The predicted octanol–water partition coefficient (Wildman–Crippen LogP) is 1.44. The minimum Gasteiger partial charge on any atom is -0.510 e. The van der Waals surface area contributed by atoms with Crippen molar-refractivity contribution in [1.29, 1.82) is 0 Å². The summed E-state index contributed by atoms with van der Waals surface area (Å²) in [5.74, 6) is -6.82. The molecule has 0 aliphatic heterocycles. The zero-order valence-electron chi connectivity index (χ0n) is 22.6. The zero-order chi connectivity index (χ0) is 29.4. The number of carbonyl (C=O) groups excluding carboxylic acids is 3. The number of allylic oxidation sites excluding steroid dienone is 1. The van der Waals surface area contributed by atoms with Crippen LogP contribution >= 0.6 is 0 Å². The summed E-state index contributed by atoms with van der Waals surface area (Å²) in [5.41, 5.74) is 10.2. The number of rotatable bonds is 4. The van der Waals surface area contributed by atoms with Crippen LogP contribution < -0.4 is 16.4 Å². The Morgan fingerprint density at radius 3 is 2.33 bits per heavy atom. The van der Waals surface area contributed by atoms with E-state index in [1.54, 1.807) is 58.5 Å². The van der Waals surface area contributed by atoms with Gasteiger partial charge in [0.2, 0.25) is 5.78 Å². The number of aromatic hydroxyl groups is 1. The zero-order valence-corrected chi connectivity index (χ0v) is 22.6. The first-order valence-electron chi connectivity index (χ1n) is 12.8. The van der Waals surface area contributed by atoms with Crippen LogP contribution in [0.15, 0.2) is 53.0 Å². The van der Waals surface area contributed by atoms with Gasteiger partial charge in [0.05, 0.1) is 11.6 Å². The number of nitrogens with two attached hydrogens (primary N) is 2. The average molecular weight is 549 g/mol. The van der Waals surface area contributed by atoms with E-state index in [0.29, 0.717) is 28.1 Å². The molecule has 0 bridgehead atoms. The van der Waals surface area contributed by atoms with E-state index in [1.807, 2.05) is 4.90 Å². The van der Waals surface area contributed by atoms with Crippen LogP contribution in [0.4, 0.5) is 11.4 Å². The van der Waals surface area contributed by atoms with E-state index in [4.69, 9.17) is 11.5 Å². The van der Waals surface area contributed by atoms with Gasteiger partial charge >= 0.3 is 0 Å². The SMILES string of the molecule is CN(C)c1cc(-c2cccc(N)c2)c(O)c2c1CC1CC3[C@H](N(C)C)C(O)=C(C(N)=O)C(=O)[C@@]3(O)C(O)=C1C2=O. The average Bonchev–Trinajstić information content (AvgIpc) is 2.85. The summed E-state index contributed by atoms with van der Waals surface area (Å²) < 4.78 is 0. The maximum absolute atomic E-state index is 14.1. The normalized spacial score (nSPS) is 26.0. The van der Waals surface area contributed by atoms with E-state index < -0.39 is 58.0 Å². The summed E-state index contributed by atoms with van der Waals surface area (Å²) in [4.78, 5) is 43.1. The fourth-order valence-corrected chi connectivity index (χ4v) is 6.62. The molecule has 0 radical (unpaired) electrons. The Bertz CT molecular complexity index is 1560. The number of carbonyl (C=O) groups is 3. The number of benzene rings is 2. The molecule has 0 aromatic heterocycles. The number of aliphatic hydroxyl groups excluding tert-OH is 2. The van der Waals surface area contributed by atoms with Crippen LogP contribution in [0.2, 0.25) is 0 Å². The van der Waals surface area contributed by atoms with Gasteiger partial charge in [0.25, 0.3) is 5.91 Å². The number of phenols is 1. The van der Waals surface area contributed by atoms with Gasteiger partial charge in [-0.05, 0) is 62.2 Å². The fourth-order valence-electron chi connectivity index (χ4n) is 6.62. The second-order valence-electron chi connectivity index (χ2n) is 11.1. The van der Waals surface area contributed by atoms with Crippen molar-refractivity contribution in [3.8, 4) is 16.9 Å². The number of ketones is 2. The van der Waals surface area contributed by atoms with Crippen LogP contribution in [-0.4, -0.2) is 82.6 Å². The maximum Gasteiger partial charge on any atom is 0.255 e. The Morgan fingerprint density at radius 2 is 1.75 bits per heavy atom. The van der Waals surface area contributed by atoms with Crippen molar-refractivity contribution < 1.29 is 34.8 Å². The number of Topliss-reactive ketones (excluding diaryl/α,β-unsaturated/α-hetero) is 2. The molecule has 0 saturated heterocycles. The Hall–Kier alpha value is -4.35. The number of primary amides is 1. The molecule has 8 N–H and O–H groups in total. The lowest BCUT2D eigenvalue weighted by Gasteiger charge is -2.50. The Morgan fingerprint density at radius 1 is 1.07 bits per heavy atom. The molecule has 3 aliphatic carbocycles. The van der Waals surface area contributed by atoms with E-state index in [1.165, 1.54) is 4.90 Å².